The Morgan fingerprint density at radius 1 is 1.17 bits per heavy atom. The van der Waals surface area contributed by atoms with Crippen LogP contribution in [0.4, 0.5) is 0 Å². The predicted molar refractivity (Wildman–Crippen MR) is 54.4 cm³/mol. The Balaban J connectivity index is 2.05. The molecule has 0 saturated carbocycles. The maximum absolute atomic E-state index is 2.63. The normalized spacial score (nSPS) is 22.5. The van der Waals surface area contributed by atoms with Crippen LogP contribution in [0.1, 0.15) is 46.0 Å². The summed E-state index contributed by atoms with van der Waals surface area (Å²) in [6.45, 7) is 8.71. The van der Waals surface area contributed by atoms with Crippen molar-refractivity contribution in [3.63, 3.8) is 0 Å². The third-order valence-electron chi connectivity index (χ3n) is 3.08. The van der Waals surface area contributed by atoms with E-state index in [9.17, 15) is 0 Å². The zero-order chi connectivity index (χ0) is 8.81. The molecular formula is C11H23N. The highest BCUT2D eigenvalue weighted by Gasteiger charge is 2.10. The average molecular weight is 169 g/mol. The molecule has 0 aliphatic carbocycles. The van der Waals surface area contributed by atoms with E-state index in [0.29, 0.717) is 0 Å². The van der Waals surface area contributed by atoms with Crippen LogP contribution in [0.15, 0.2) is 0 Å². The number of nitrogens with zero attached hydrogens (tertiary/aromatic N) is 1. The van der Waals surface area contributed by atoms with Crippen LogP contribution in [-0.4, -0.2) is 24.5 Å². The monoisotopic (exact) mass is 169 g/mol. The topological polar surface area (TPSA) is 3.24 Å². The molecule has 72 valence electrons. The fourth-order valence-corrected chi connectivity index (χ4v) is 1.79. The average Bonchev–Trinajstić information content (AvgIpc) is 2.16. The molecule has 0 aromatic heterocycles. The first-order valence-corrected chi connectivity index (χ1v) is 5.55. The van der Waals surface area contributed by atoms with Crippen molar-refractivity contribution in [2.75, 3.05) is 19.6 Å². The Labute approximate surface area is 77.1 Å². The van der Waals surface area contributed by atoms with Gasteiger partial charge in [0, 0.05) is 0 Å². The van der Waals surface area contributed by atoms with E-state index < -0.39 is 0 Å². The molecular weight excluding hydrogens is 146 g/mol. The second-order valence-electron chi connectivity index (χ2n) is 4.20. The van der Waals surface area contributed by atoms with Gasteiger partial charge in [-0.15, -0.1) is 0 Å². The first kappa shape index (κ1) is 10.0. The number of hydrogen-bond acceptors (Lipinski definition) is 1. The van der Waals surface area contributed by atoms with Crippen molar-refractivity contribution in [1.82, 2.24) is 4.90 Å². The van der Waals surface area contributed by atoms with Gasteiger partial charge in [0.25, 0.3) is 0 Å². The first-order valence-electron chi connectivity index (χ1n) is 5.55. The third-order valence-corrected chi connectivity index (χ3v) is 3.08. The van der Waals surface area contributed by atoms with Gasteiger partial charge in [-0.3, -0.25) is 0 Å². The second-order valence-corrected chi connectivity index (χ2v) is 4.20. The Hall–Kier alpha value is -0.0400. The van der Waals surface area contributed by atoms with Crippen LogP contribution in [0.2, 0.25) is 0 Å². The summed E-state index contributed by atoms with van der Waals surface area (Å²) < 4.78 is 0. The molecule has 1 nitrogen and oxygen atoms in total. The lowest BCUT2D eigenvalue weighted by molar-refractivity contribution is 0.214. The van der Waals surface area contributed by atoms with E-state index in [1.54, 1.807) is 0 Å². The number of rotatable bonds is 4. The molecule has 1 atom stereocenters. The molecule has 0 spiro atoms. The SMILES string of the molecule is CCC(C)CCN1CCCCC1. The summed E-state index contributed by atoms with van der Waals surface area (Å²) in [4.78, 5) is 2.63. The van der Waals surface area contributed by atoms with Gasteiger partial charge in [-0.2, -0.15) is 0 Å². The van der Waals surface area contributed by atoms with Crippen molar-refractivity contribution in [3.8, 4) is 0 Å². The molecule has 1 fully saturated rings. The van der Waals surface area contributed by atoms with Crippen LogP contribution in [0, 0.1) is 5.92 Å². The Morgan fingerprint density at radius 3 is 2.42 bits per heavy atom. The molecule has 0 bridgehead atoms. The minimum Gasteiger partial charge on any atom is -0.303 e. The van der Waals surface area contributed by atoms with Gasteiger partial charge in [0.2, 0.25) is 0 Å². The van der Waals surface area contributed by atoms with Crippen molar-refractivity contribution in [1.29, 1.82) is 0 Å². The van der Waals surface area contributed by atoms with Gasteiger partial charge < -0.3 is 4.90 Å². The lowest BCUT2D eigenvalue weighted by Crippen LogP contribution is -2.31. The fourth-order valence-electron chi connectivity index (χ4n) is 1.79. The molecule has 1 heteroatoms. The Bertz CT molecular complexity index is 106. The zero-order valence-corrected chi connectivity index (χ0v) is 8.68. The summed E-state index contributed by atoms with van der Waals surface area (Å²) in [5.74, 6) is 0.923. The van der Waals surface area contributed by atoms with Crippen LogP contribution < -0.4 is 0 Å². The molecule has 1 heterocycles. The number of piperidine rings is 1. The number of likely N-dealkylation sites (tertiary alicyclic amines) is 1. The predicted octanol–water partition coefficient (Wildman–Crippen LogP) is 2.91. The quantitative estimate of drug-likeness (QED) is 0.625. The highest BCUT2D eigenvalue weighted by molar-refractivity contribution is 4.65. The van der Waals surface area contributed by atoms with Crippen LogP contribution in [0.3, 0.4) is 0 Å². The van der Waals surface area contributed by atoms with Crippen molar-refractivity contribution in [2.45, 2.75) is 46.0 Å². The van der Waals surface area contributed by atoms with E-state index in [4.69, 9.17) is 0 Å². The maximum atomic E-state index is 2.63. The van der Waals surface area contributed by atoms with Crippen LogP contribution in [-0.2, 0) is 0 Å². The van der Waals surface area contributed by atoms with Crippen molar-refractivity contribution >= 4 is 0 Å². The molecule has 1 aliphatic heterocycles. The largest absolute Gasteiger partial charge is 0.303 e. The minimum absolute atomic E-state index is 0.923. The molecule has 0 N–H and O–H groups in total. The van der Waals surface area contributed by atoms with E-state index in [-0.39, 0.29) is 0 Å². The summed E-state index contributed by atoms with van der Waals surface area (Å²) in [6.07, 6.45) is 7.06. The van der Waals surface area contributed by atoms with Crippen molar-refractivity contribution in [3.05, 3.63) is 0 Å². The molecule has 0 aromatic rings. The fraction of sp³-hybridized carbons (Fsp3) is 1.00. The Kier molecular flexibility index (Phi) is 4.67. The second kappa shape index (κ2) is 5.58. The van der Waals surface area contributed by atoms with E-state index in [1.165, 1.54) is 51.7 Å². The van der Waals surface area contributed by atoms with Gasteiger partial charge in [0.15, 0.2) is 0 Å². The molecule has 0 radical (unpaired) electrons. The van der Waals surface area contributed by atoms with E-state index >= 15 is 0 Å². The van der Waals surface area contributed by atoms with Crippen molar-refractivity contribution in [2.24, 2.45) is 5.92 Å². The molecule has 1 rings (SSSR count). The molecule has 0 aromatic carbocycles. The molecule has 1 unspecified atom stereocenters. The zero-order valence-electron chi connectivity index (χ0n) is 8.68. The molecule has 0 amide bonds. The van der Waals surface area contributed by atoms with Gasteiger partial charge >= 0.3 is 0 Å². The van der Waals surface area contributed by atoms with Gasteiger partial charge in [-0.05, 0) is 44.8 Å². The minimum atomic E-state index is 0.923. The highest BCUT2D eigenvalue weighted by atomic mass is 15.1. The highest BCUT2D eigenvalue weighted by Crippen LogP contribution is 2.12. The summed E-state index contributed by atoms with van der Waals surface area (Å²) in [5, 5.41) is 0. The lowest BCUT2D eigenvalue weighted by Gasteiger charge is -2.27. The lowest BCUT2D eigenvalue weighted by atomic mass is 10.0. The molecule has 1 saturated heterocycles. The van der Waals surface area contributed by atoms with Crippen LogP contribution in [0.5, 0.6) is 0 Å². The van der Waals surface area contributed by atoms with Crippen molar-refractivity contribution < 1.29 is 0 Å². The van der Waals surface area contributed by atoms with Gasteiger partial charge in [0.1, 0.15) is 0 Å². The van der Waals surface area contributed by atoms with E-state index in [0.717, 1.165) is 5.92 Å². The number of hydrogen-bond donors (Lipinski definition) is 0. The summed E-state index contributed by atoms with van der Waals surface area (Å²) in [7, 11) is 0. The van der Waals surface area contributed by atoms with Crippen LogP contribution >= 0.6 is 0 Å². The smallest absolute Gasteiger partial charge is 0.00162 e. The van der Waals surface area contributed by atoms with Gasteiger partial charge in [0.05, 0.1) is 0 Å². The molecule has 1 aliphatic rings. The van der Waals surface area contributed by atoms with Gasteiger partial charge in [-0.1, -0.05) is 26.7 Å². The summed E-state index contributed by atoms with van der Waals surface area (Å²) in [5.41, 5.74) is 0. The summed E-state index contributed by atoms with van der Waals surface area (Å²) >= 11 is 0. The van der Waals surface area contributed by atoms with E-state index in [1.807, 2.05) is 0 Å². The molecule has 12 heavy (non-hydrogen) atoms. The first-order chi connectivity index (χ1) is 5.83. The third kappa shape index (κ3) is 3.57. The Morgan fingerprint density at radius 2 is 1.83 bits per heavy atom. The maximum Gasteiger partial charge on any atom is -0.00162 e. The standard InChI is InChI=1S/C11H23N/c1-3-11(2)7-10-12-8-5-4-6-9-12/h11H,3-10H2,1-2H3. The van der Waals surface area contributed by atoms with Gasteiger partial charge in [-0.25, -0.2) is 0 Å². The summed E-state index contributed by atoms with van der Waals surface area (Å²) in [6, 6.07) is 0. The van der Waals surface area contributed by atoms with Crippen LogP contribution in [0.25, 0.3) is 0 Å². The van der Waals surface area contributed by atoms with E-state index in [2.05, 4.69) is 18.7 Å².